The maximum absolute atomic E-state index is 11.9. The number of hydrogen-bond acceptors (Lipinski definition) is 4. The summed E-state index contributed by atoms with van der Waals surface area (Å²) in [7, 11) is 0. The monoisotopic (exact) mass is 253 g/mol. The first-order valence-corrected chi connectivity index (χ1v) is 6.58. The summed E-state index contributed by atoms with van der Waals surface area (Å²) in [6.45, 7) is 4.92. The summed E-state index contributed by atoms with van der Waals surface area (Å²) in [4.78, 5) is 35.9. The van der Waals surface area contributed by atoms with Gasteiger partial charge in [-0.2, -0.15) is 0 Å². The van der Waals surface area contributed by atoms with Gasteiger partial charge in [0, 0.05) is 39.0 Å². The maximum atomic E-state index is 11.9. The first-order valence-electron chi connectivity index (χ1n) is 6.58. The Morgan fingerprint density at radius 2 is 1.94 bits per heavy atom. The van der Waals surface area contributed by atoms with Crippen molar-refractivity contribution in [2.24, 2.45) is 5.92 Å². The van der Waals surface area contributed by atoms with Crippen molar-refractivity contribution in [2.75, 3.05) is 26.2 Å². The summed E-state index contributed by atoms with van der Waals surface area (Å²) in [5.41, 5.74) is 0. The number of piperazine rings is 1. The van der Waals surface area contributed by atoms with Crippen LogP contribution in [0.1, 0.15) is 32.6 Å². The Kier molecular flexibility index (Phi) is 6.57. The van der Waals surface area contributed by atoms with Crippen LogP contribution >= 0.6 is 0 Å². The van der Waals surface area contributed by atoms with E-state index in [9.17, 15) is 14.4 Å². The zero-order chi connectivity index (χ0) is 13.4. The van der Waals surface area contributed by atoms with Gasteiger partial charge in [0.15, 0.2) is 0 Å². The lowest BCUT2D eigenvalue weighted by atomic mass is 9.96. The molecule has 1 N–H and O–H groups in total. The van der Waals surface area contributed by atoms with Crippen molar-refractivity contribution < 1.29 is 14.4 Å². The van der Waals surface area contributed by atoms with Crippen LogP contribution in [0.3, 0.4) is 0 Å². The highest BCUT2D eigenvalue weighted by Gasteiger charge is 2.21. The molecule has 1 saturated heterocycles. The molecule has 0 aromatic heterocycles. The quantitative estimate of drug-likeness (QED) is 0.662. The van der Waals surface area contributed by atoms with Crippen molar-refractivity contribution in [3.8, 4) is 0 Å². The molecule has 0 bridgehead atoms. The largest absolute Gasteiger partial charge is 0.340 e. The van der Waals surface area contributed by atoms with Gasteiger partial charge < -0.3 is 10.2 Å². The van der Waals surface area contributed by atoms with Crippen molar-refractivity contribution >= 4 is 18.0 Å². The number of rotatable bonds is 7. The van der Waals surface area contributed by atoms with Crippen LogP contribution < -0.4 is 5.32 Å². The molecule has 1 rings (SSSR count). The predicted octanol–water partition coefficient (Wildman–Crippen LogP) is 0.294. The summed E-state index contributed by atoms with van der Waals surface area (Å²) in [6, 6.07) is 0. The van der Waals surface area contributed by atoms with E-state index in [0.717, 1.165) is 19.5 Å². The minimum Gasteiger partial charge on any atom is -0.340 e. The zero-order valence-electron chi connectivity index (χ0n) is 10.9. The first-order chi connectivity index (χ1) is 8.69. The van der Waals surface area contributed by atoms with Crippen LogP contribution in [0.25, 0.3) is 0 Å². The lowest BCUT2D eigenvalue weighted by molar-refractivity contribution is -0.132. The van der Waals surface area contributed by atoms with Crippen molar-refractivity contribution in [3.05, 3.63) is 0 Å². The molecule has 0 aromatic rings. The van der Waals surface area contributed by atoms with Crippen LogP contribution in [0.2, 0.25) is 0 Å². The van der Waals surface area contributed by atoms with Gasteiger partial charge in [-0.25, -0.2) is 0 Å². The molecule has 1 radical (unpaired) electrons. The molecule has 0 aliphatic carbocycles. The lowest BCUT2D eigenvalue weighted by Gasteiger charge is -2.27. The van der Waals surface area contributed by atoms with Gasteiger partial charge in [0.2, 0.25) is 12.2 Å². The van der Waals surface area contributed by atoms with E-state index >= 15 is 0 Å². The van der Waals surface area contributed by atoms with Gasteiger partial charge in [-0.15, -0.1) is 0 Å². The molecule has 18 heavy (non-hydrogen) atoms. The van der Waals surface area contributed by atoms with Crippen molar-refractivity contribution in [1.29, 1.82) is 0 Å². The number of nitrogens with zero attached hydrogens (tertiary/aromatic N) is 1. The van der Waals surface area contributed by atoms with E-state index in [-0.39, 0.29) is 18.1 Å². The van der Waals surface area contributed by atoms with Gasteiger partial charge in [0.25, 0.3) is 0 Å². The van der Waals surface area contributed by atoms with Crippen molar-refractivity contribution in [2.45, 2.75) is 32.6 Å². The van der Waals surface area contributed by atoms with E-state index in [0.29, 0.717) is 25.9 Å². The van der Waals surface area contributed by atoms with Gasteiger partial charge in [-0.05, 0) is 12.8 Å². The highest BCUT2D eigenvalue weighted by molar-refractivity contribution is 5.93. The summed E-state index contributed by atoms with van der Waals surface area (Å²) in [6.07, 6.45) is 3.43. The van der Waals surface area contributed by atoms with E-state index in [2.05, 4.69) is 5.32 Å². The fourth-order valence-corrected chi connectivity index (χ4v) is 2.05. The normalized spacial score (nSPS) is 17.3. The number of hydrogen-bond donors (Lipinski definition) is 1. The zero-order valence-corrected chi connectivity index (χ0v) is 10.9. The Morgan fingerprint density at radius 3 is 2.50 bits per heavy atom. The fraction of sp³-hybridized carbons (Fsp3) is 0.769. The Bertz CT molecular complexity index is 299. The number of nitrogens with one attached hydrogen (secondary N) is 1. The third-order valence-electron chi connectivity index (χ3n) is 3.14. The lowest BCUT2D eigenvalue weighted by Crippen LogP contribution is -2.46. The topological polar surface area (TPSA) is 66.5 Å². The molecule has 1 atom stereocenters. The standard InChI is InChI=1S/C13H21N2O3/c1-2-3-12(17)11(10-16)4-5-13(18)15-8-6-14-7-9-15/h11,14H,2-9H2,1H3. The molecule has 1 unspecified atom stereocenters. The van der Waals surface area contributed by atoms with Crippen LogP contribution in [0.15, 0.2) is 0 Å². The molecule has 0 aromatic carbocycles. The number of carbonyl (C=O) groups is 2. The smallest absolute Gasteiger partial charge is 0.222 e. The summed E-state index contributed by atoms with van der Waals surface area (Å²) in [5.74, 6) is -0.793. The highest BCUT2D eigenvalue weighted by Crippen LogP contribution is 2.11. The van der Waals surface area contributed by atoms with Gasteiger partial charge in [0.05, 0.1) is 5.92 Å². The number of Topliss-reactive ketones (excluding diaryl/α,β-unsaturated/α-hetero) is 1. The van der Waals surface area contributed by atoms with E-state index in [1.807, 2.05) is 6.92 Å². The highest BCUT2D eigenvalue weighted by atomic mass is 16.2. The van der Waals surface area contributed by atoms with Gasteiger partial charge in [0.1, 0.15) is 5.78 Å². The Morgan fingerprint density at radius 1 is 1.28 bits per heavy atom. The molecule has 5 heteroatoms. The summed E-state index contributed by atoms with van der Waals surface area (Å²) >= 11 is 0. The molecule has 101 valence electrons. The van der Waals surface area contributed by atoms with Crippen LogP contribution in [-0.2, 0) is 14.4 Å². The second-order valence-electron chi connectivity index (χ2n) is 4.56. The molecule has 1 amide bonds. The SMILES string of the molecule is CCCC(=O)C([C]=O)CCC(=O)N1CCNCC1. The third-order valence-corrected chi connectivity index (χ3v) is 3.14. The van der Waals surface area contributed by atoms with E-state index < -0.39 is 5.92 Å². The minimum atomic E-state index is -0.725. The first kappa shape index (κ1) is 14.8. The summed E-state index contributed by atoms with van der Waals surface area (Å²) < 4.78 is 0. The van der Waals surface area contributed by atoms with E-state index in [1.54, 1.807) is 11.2 Å². The molecular formula is C13H21N2O3. The van der Waals surface area contributed by atoms with Gasteiger partial charge in [-0.1, -0.05) is 6.92 Å². The van der Waals surface area contributed by atoms with Gasteiger partial charge >= 0.3 is 0 Å². The molecule has 1 fully saturated rings. The van der Waals surface area contributed by atoms with Crippen LogP contribution in [0.5, 0.6) is 0 Å². The molecular weight excluding hydrogens is 232 g/mol. The van der Waals surface area contributed by atoms with Crippen LogP contribution in [0.4, 0.5) is 0 Å². The third kappa shape index (κ3) is 4.56. The van der Waals surface area contributed by atoms with Crippen molar-refractivity contribution in [3.63, 3.8) is 0 Å². The Hall–Kier alpha value is -1.23. The van der Waals surface area contributed by atoms with Crippen LogP contribution in [0, 0.1) is 5.92 Å². The predicted molar refractivity (Wildman–Crippen MR) is 67.8 cm³/mol. The summed E-state index contributed by atoms with van der Waals surface area (Å²) in [5, 5.41) is 3.17. The van der Waals surface area contributed by atoms with E-state index in [1.165, 1.54) is 0 Å². The molecule has 1 aliphatic rings. The second-order valence-corrected chi connectivity index (χ2v) is 4.56. The molecule has 1 aliphatic heterocycles. The number of carbonyl (C=O) groups excluding carboxylic acids is 3. The average Bonchev–Trinajstić information content (AvgIpc) is 2.40. The molecule has 0 saturated carbocycles. The molecule has 5 nitrogen and oxygen atoms in total. The number of ketones is 1. The number of amides is 1. The van der Waals surface area contributed by atoms with E-state index in [4.69, 9.17) is 0 Å². The second kappa shape index (κ2) is 7.97. The Labute approximate surface area is 108 Å². The molecule has 0 spiro atoms. The minimum absolute atomic E-state index is 0.0287. The van der Waals surface area contributed by atoms with Crippen molar-refractivity contribution in [1.82, 2.24) is 10.2 Å². The average molecular weight is 253 g/mol. The Balaban J connectivity index is 2.35. The molecule has 1 heterocycles. The van der Waals surface area contributed by atoms with Gasteiger partial charge in [-0.3, -0.25) is 14.4 Å². The van der Waals surface area contributed by atoms with Crippen LogP contribution in [-0.4, -0.2) is 49.1 Å². The fourth-order valence-electron chi connectivity index (χ4n) is 2.05. The maximum Gasteiger partial charge on any atom is 0.222 e.